The number of benzene rings is 3. The number of nitro groups is 1. The van der Waals surface area contributed by atoms with Gasteiger partial charge in [0.05, 0.1) is 22.0 Å². The predicted molar refractivity (Wildman–Crippen MR) is 169 cm³/mol. The second kappa shape index (κ2) is 13.2. The van der Waals surface area contributed by atoms with Gasteiger partial charge in [-0.1, -0.05) is 48.5 Å². The van der Waals surface area contributed by atoms with Gasteiger partial charge in [-0.25, -0.2) is 4.68 Å². The molecule has 6 rings (SSSR count). The van der Waals surface area contributed by atoms with Crippen LogP contribution in [0, 0.1) is 10.1 Å². The van der Waals surface area contributed by atoms with Gasteiger partial charge in [0.15, 0.2) is 0 Å². The van der Waals surface area contributed by atoms with Crippen molar-refractivity contribution in [3.05, 3.63) is 101 Å². The number of piperidine rings is 1. The molecule has 0 atom stereocenters. The molecular formula is C33H39N7O2. The van der Waals surface area contributed by atoms with Gasteiger partial charge in [0, 0.05) is 82.3 Å². The lowest BCUT2D eigenvalue weighted by Crippen LogP contribution is -2.48. The molecule has 0 aliphatic carbocycles. The number of para-hydroxylation sites is 1. The summed E-state index contributed by atoms with van der Waals surface area (Å²) in [5.41, 5.74) is 6.97. The molecule has 2 aliphatic heterocycles. The summed E-state index contributed by atoms with van der Waals surface area (Å²) in [7, 11) is 0. The molecule has 9 nitrogen and oxygen atoms in total. The Morgan fingerprint density at radius 1 is 0.738 bits per heavy atom. The summed E-state index contributed by atoms with van der Waals surface area (Å²) in [6.07, 6.45) is 3.71. The van der Waals surface area contributed by atoms with E-state index in [0.29, 0.717) is 6.54 Å². The maximum absolute atomic E-state index is 11.0. The molecule has 9 heteroatoms. The molecule has 2 fully saturated rings. The van der Waals surface area contributed by atoms with E-state index in [2.05, 4.69) is 85.4 Å². The van der Waals surface area contributed by atoms with Crippen molar-refractivity contribution in [2.24, 2.45) is 0 Å². The molecule has 2 saturated heterocycles. The Morgan fingerprint density at radius 3 is 2.07 bits per heavy atom. The number of nitrogens with zero attached hydrogens (tertiary/aromatic N) is 6. The van der Waals surface area contributed by atoms with E-state index >= 15 is 0 Å². The number of hydrogen-bond donors (Lipinski definition) is 1. The number of hydrogen-bond acceptors (Lipinski definition) is 7. The van der Waals surface area contributed by atoms with Crippen LogP contribution < -0.4 is 15.1 Å². The molecule has 0 bridgehead atoms. The Morgan fingerprint density at radius 2 is 1.40 bits per heavy atom. The van der Waals surface area contributed by atoms with Crippen molar-refractivity contribution in [2.45, 2.75) is 25.8 Å². The smallest absolute Gasteiger partial charge is 0.269 e. The first kappa shape index (κ1) is 27.9. The van der Waals surface area contributed by atoms with Gasteiger partial charge in [0.2, 0.25) is 0 Å². The predicted octanol–water partition coefficient (Wildman–Crippen LogP) is 5.35. The molecule has 1 N–H and O–H groups in total. The quantitative estimate of drug-likeness (QED) is 0.158. The maximum Gasteiger partial charge on any atom is 0.269 e. The topological polar surface area (TPSA) is 82.7 Å². The molecule has 0 radical (unpaired) electrons. The summed E-state index contributed by atoms with van der Waals surface area (Å²) in [4.78, 5) is 18.0. The van der Waals surface area contributed by atoms with Gasteiger partial charge >= 0.3 is 0 Å². The Labute approximate surface area is 247 Å². The minimum Gasteiger partial charge on any atom is -0.369 e. The standard InChI is InChI=1S/C33H39N7O2/c41-40(42)30-16-14-28(15-17-30)37-24-22-36(23-25-37)21-18-34-26-31-33(38-19-8-3-9-20-38)32(27-10-4-1-5-11-27)39(35-31)29-12-6-2-7-13-29/h1-2,4-7,10-17,34H,3,8-9,18-26H2. The van der Waals surface area contributed by atoms with E-state index in [0.717, 1.165) is 69.4 Å². The molecule has 0 spiro atoms. The van der Waals surface area contributed by atoms with Crippen LogP contribution in [0.25, 0.3) is 16.9 Å². The Kier molecular flexibility index (Phi) is 8.77. The molecule has 1 aromatic heterocycles. The summed E-state index contributed by atoms with van der Waals surface area (Å²) >= 11 is 0. The fourth-order valence-corrected chi connectivity index (χ4v) is 6.09. The summed E-state index contributed by atoms with van der Waals surface area (Å²) in [6.45, 7) is 8.47. The zero-order chi connectivity index (χ0) is 28.7. The average Bonchev–Trinajstić information content (AvgIpc) is 3.44. The molecule has 0 amide bonds. The number of nitro benzene ring substituents is 1. The van der Waals surface area contributed by atoms with E-state index in [-0.39, 0.29) is 10.6 Å². The van der Waals surface area contributed by atoms with Crippen molar-refractivity contribution < 1.29 is 4.92 Å². The average molecular weight is 566 g/mol. The zero-order valence-corrected chi connectivity index (χ0v) is 24.1. The highest BCUT2D eigenvalue weighted by Gasteiger charge is 2.26. The molecule has 0 saturated carbocycles. The van der Waals surface area contributed by atoms with Crippen LogP contribution in [-0.2, 0) is 6.54 Å². The second-order valence-corrected chi connectivity index (χ2v) is 11.1. The van der Waals surface area contributed by atoms with Crippen LogP contribution in [0.1, 0.15) is 25.0 Å². The monoisotopic (exact) mass is 565 g/mol. The maximum atomic E-state index is 11.0. The highest BCUT2D eigenvalue weighted by molar-refractivity contribution is 5.79. The molecule has 0 unspecified atom stereocenters. The van der Waals surface area contributed by atoms with Gasteiger partial charge in [-0.3, -0.25) is 15.0 Å². The first-order valence-electron chi connectivity index (χ1n) is 15.1. The second-order valence-electron chi connectivity index (χ2n) is 11.1. The first-order chi connectivity index (χ1) is 20.7. The van der Waals surface area contributed by atoms with Gasteiger partial charge < -0.3 is 15.1 Å². The fourth-order valence-electron chi connectivity index (χ4n) is 6.09. The molecule has 4 aromatic rings. The van der Waals surface area contributed by atoms with Gasteiger partial charge in [-0.05, 0) is 43.5 Å². The number of anilines is 2. The zero-order valence-electron chi connectivity index (χ0n) is 24.1. The largest absolute Gasteiger partial charge is 0.369 e. The van der Waals surface area contributed by atoms with Crippen molar-refractivity contribution in [3.63, 3.8) is 0 Å². The van der Waals surface area contributed by atoms with Gasteiger partial charge in [0.1, 0.15) is 5.69 Å². The molecule has 42 heavy (non-hydrogen) atoms. The molecule has 218 valence electrons. The van der Waals surface area contributed by atoms with Crippen LogP contribution in [0.2, 0.25) is 0 Å². The van der Waals surface area contributed by atoms with Gasteiger partial charge in [-0.15, -0.1) is 0 Å². The third kappa shape index (κ3) is 6.32. The summed E-state index contributed by atoms with van der Waals surface area (Å²) in [6, 6.07) is 28.0. The number of aromatic nitrogens is 2. The highest BCUT2D eigenvalue weighted by atomic mass is 16.6. The minimum atomic E-state index is -0.348. The van der Waals surface area contributed by atoms with Crippen LogP contribution in [-0.4, -0.2) is 72.0 Å². The Hall–Kier alpha value is -4.21. The van der Waals surface area contributed by atoms with Crippen LogP contribution in [0.3, 0.4) is 0 Å². The van der Waals surface area contributed by atoms with E-state index in [1.807, 2.05) is 12.1 Å². The van der Waals surface area contributed by atoms with Crippen LogP contribution >= 0.6 is 0 Å². The van der Waals surface area contributed by atoms with Gasteiger partial charge in [0.25, 0.3) is 5.69 Å². The van der Waals surface area contributed by atoms with Crippen molar-refractivity contribution in [1.82, 2.24) is 20.0 Å². The van der Waals surface area contributed by atoms with E-state index < -0.39 is 0 Å². The van der Waals surface area contributed by atoms with E-state index in [1.54, 1.807) is 12.1 Å². The molecule has 3 aromatic carbocycles. The van der Waals surface area contributed by atoms with Crippen LogP contribution in [0.15, 0.2) is 84.9 Å². The third-order valence-corrected chi connectivity index (χ3v) is 8.35. The number of nitrogens with one attached hydrogen (secondary N) is 1. The van der Waals surface area contributed by atoms with E-state index in [9.17, 15) is 10.1 Å². The lowest BCUT2D eigenvalue weighted by Gasteiger charge is -2.36. The van der Waals surface area contributed by atoms with Crippen LogP contribution in [0.4, 0.5) is 17.1 Å². The molecule has 2 aliphatic rings. The lowest BCUT2D eigenvalue weighted by atomic mass is 10.1. The van der Waals surface area contributed by atoms with Gasteiger partial charge in [-0.2, -0.15) is 5.10 Å². The molecular weight excluding hydrogens is 526 g/mol. The Balaban J connectivity index is 1.13. The lowest BCUT2D eigenvalue weighted by molar-refractivity contribution is -0.384. The fraction of sp³-hybridized carbons (Fsp3) is 0.364. The first-order valence-corrected chi connectivity index (χ1v) is 15.1. The SMILES string of the molecule is O=[N+]([O-])c1ccc(N2CCN(CCNCc3nn(-c4ccccc4)c(-c4ccccc4)c3N3CCCCC3)CC2)cc1. The summed E-state index contributed by atoms with van der Waals surface area (Å²) in [5, 5.41) is 19.9. The van der Waals surface area contributed by atoms with Crippen molar-refractivity contribution in [3.8, 4) is 16.9 Å². The number of non-ortho nitro benzene ring substituents is 1. The normalized spacial score (nSPS) is 16.1. The van der Waals surface area contributed by atoms with E-state index in [4.69, 9.17) is 5.10 Å². The van der Waals surface area contributed by atoms with Crippen molar-refractivity contribution >= 4 is 17.1 Å². The number of rotatable bonds is 10. The summed E-state index contributed by atoms with van der Waals surface area (Å²) in [5.74, 6) is 0. The van der Waals surface area contributed by atoms with E-state index in [1.165, 1.54) is 36.2 Å². The summed E-state index contributed by atoms with van der Waals surface area (Å²) < 4.78 is 2.13. The molecule has 3 heterocycles. The third-order valence-electron chi connectivity index (χ3n) is 8.35. The Bertz CT molecular complexity index is 1440. The minimum absolute atomic E-state index is 0.136. The van der Waals surface area contributed by atoms with Crippen molar-refractivity contribution in [2.75, 3.05) is 62.2 Å². The van der Waals surface area contributed by atoms with Crippen LogP contribution in [0.5, 0.6) is 0 Å². The highest BCUT2D eigenvalue weighted by Crippen LogP contribution is 2.37. The number of piperazine rings is 1. The van der Waals surface area contributed by atoms with Crippen molar-refractivity contribution in [1.29, 1.82) is 0 Å².